The minimum absolute atomic E-state index is 0.0638. The maximum absolute atomic E-state index is 14.3. The molecule has 0 saturated carbocycles. The number of hydrogen-bond acceptors (Lipinski definition) is 6. The number of amidine groups is 1. The molecule has 10 heteroatoms. The number of sulfonamides is 1. The highest BCUT2D eigenvalue weighted by Gasteiger charge is 2.36. The van der Waals surface area contributed by atoms with Crippen molar-refractivity contribution in [2.24, 2.45) is 11.7 Å². The van der Waals surface area contributed by atoms with Crippen molar-refractivity contribution in [3.05, 3.63) is 64.2 Å². The quantitative estimate of drug-likeness (QED) is 0.174. The lowest BCUT2D eigenvalue weighted by molar-refractivity contribution is -0.151. The van der Waals surface area contributed by atoms with Gasteiger partial charge < -0.3 is 15.4 Å². The van der Waals surface area contributed by atoms with Gasteiger partial charge in [-0.05, 0) is 72.3 Å². The zero-order valence-corrected chi connectivity index (χ0v) is 27.4. The molecule has 236 valence electrons. The highest BCUT2D eigenvalue weighted by molar-refractivity contribution is 7.89. The number of nitrogen functional groups attached to an aromatic ring is 1. The molecular weight excluding hydrogens is 564 g/mol. The number of piperidine rings is 1. The van der Waals surface area contributed by atoms with Crippen LogP contribution in [-0.2, 0) is 30.8 Å². The lowest BCUT2D eigenvalue weighted by Crippen LogP contribution is -2.52. The number of rotatable bonds is 12. The predicted molar refractivity (Wildman–Crippen MR) is 170 cm³/mol. The summed E-state index contributed by atoms with van der Waals surface area (Å²) >= 11 is 0. The normalized spacial score (nSPS) is 15.3. The van der Waals surface area contributed by atoms with Crippen molar-refractivity contribution in [2.45, 2.75) is 96.4 Å². The Morgan fingerprint density at radius 2 is 1.58 bits per heavy atom. The molecule has 9 nitrogen and oxygen atoms in total. The van der Waals surface area contributed by atoms with Crippen LogP contribution in [0.2, 0.25) is 0 Å². The van der Waals surface area contributed by atoms with Crippen molar-refractivity contribution in [3.8, 4) is 0 Å². The van der Waals surface area contributed by atoms with Gasteiger partial charge in [0.1, 0.15) is 11.9 Å². The van der Waals surface area contributed by atoms with Crippen molar-refractivity contribution in [1.82, 2.24) is 9.62 Å². The van der Waals surface area contributed by atoms with Crippen LogP contribution in [0.15, 0.2) is 41.3 Å². The first-order chi connectivity index (χ1) is 20.2. The summed E-state index contributed by atoms with van der Waals surface area (Å²) in [6, 6.07) is 9.80. The van der Waals surface area contributed by atoms with Crippen LogP contribution in [0.5, 0.6) is 0 Å². The summed E-state index contributed by atoms with van der Waals surface area (Å²) < 4.78 is 36.7. The number of likely N-dealkylation sites (tertiary alicyclic amines) is 1. The molecule has 1 aliphatic heterocycles. The molecule has 1 heterocycles. The lowest BCUT2D eigenvalue weighted by atomic mass is 9.89. The summed E-state index contributed by atoms with van der Waals surface area (Å²) in [5.74, 6) is -0.916. The molecule has 1 amide bonds. The van der Waals surface area contributed by atoms with Gasteiger partial charge in [-0.2, -0.15) is 4.72 Å². The Balaban J connectivity index is 2.04. The number of esters is 1. The van der Waals surface area contributed by atoms with Crippen molar-refractivity contribution in [1.29, 1.82) is 5.41 Å². The monoisotopic (exact) mass is 612 g/mol. The predicted octanol–water partition coefficient (Wildman–Crippen LogP) is 5.03. The van der Waals surface area contributed by atoms with Gasteiger partial charge in [0, 0.05) is 18.7 Å². The van der Waals surface area contributed by atoms with E-state index in [1.165, 1.54) is 0 Å². The third kappa shape index (κ3) is 8.44. The molecule has 0 aliphatic carbocycles. The molecule has 2 aromatic rings. The Morgan fingerprint density at radius 1 is 1.00 bits per heavy atom. The van der Waals surface area contributed by atoms with Crippen molar-refractivity contribution in [3.63, 3.8) is 0 Å². The smallest absolute Gasteiger partial charge is 0.309 e. The van der Waals surface area contributed by atoms with Crippen LogP contribution >= 0.6 is 0 Å². The average molecular weight is 613 g/mol. The first-order valence-corrected chi connectivity index (χ1v) is 16.7. The van der Waals surface area contributed by atoms with Gasteiger partial charge in [0.25, 0.3) is 0 Å². The first-order valence-electron chi connectivity index (χ1n) is 15.2. The van der Waals surface area contributed by atoms with Gasteiger partial charge in [-0.15, -0.1) is 0 Å². The fourth-order valence-electron chi connectivity index (χ4n) is 5.54. The highest BCUT2D eigenvalue weighted by atomic mass is 32.2. The van der Waals surface area contributed by atoms with Gasteiger partial charge in [-0.1, -0.05) is 71.9 Å². The highest BCUT2D eigenvalue weighted by Crippen LogP contribution is 2.35. The molecule has 0 radical (unpaired) electrons. The van der Waals surface area contributed by atoms with Gasteiger partial charge >= 0.3 is 5.97 Å². The number of carbonyl (C=O) groups excluding carboxylic acids is 2. The van der Waals surface area contributed by atoms with E-state index in [1.54, 1.807) is 36.1 Å². The molecule has 0 aromatic heterocycles. The van der Waals surface area contributed by atoms with Crippen LogP contribution in [0.4, 0.5) is 0 Å². The fourth-order valence-corrected chi connectivity index (χ4v) is 7.43. The Kier molecular flexibility index (Phi) is 11.5. The Bertz CT molecular complexity index is 1400. The molecule has 1 saturated heterocycles. The van der Waals surface area contributed by atoms with Crippen LogP contribution in [0.1, 0.15) is 107 Å². The Labute approximate surface area is 257 Å². The van der Waals surface area contributed by atoms with E-state index in [4.69, 9.17) is 15.9 Å². The van der Waals surface area contributed by atoms with Crippen molar-refractivity contribution < 1.29 is 22.7 Å². The van der Waals surface area contributed by atoms with Gasteiger partial charge in [0.15, 0.2) is 0 Å². The zero-order valence-electron chi connectivity index (χ0n) is 26.6. The number of amides is 1. The zero-order chi connectivity index (χ0) is 32.1. The number of nitrogens with one attached hydrogen (secondary N) is 2. The molecule has 2 aromatic carbocycles. The van der Waals surface area contributed by atoms with Crippen LogP contribution in [0.3, 0.4) is 0 Å². The summed E-state index contributed by atoms with van der Waals surface area (Å²) in [4.78, 5) is 28.2. The number of hydrogen-bond donors (Lipinski definition) is 3. The van der Waals surface area contributed by atoms with E-state index < -0.39 is 16.1 Å². The van der Waals surface area contributed by atoms with Gasteiger partial charge in [0.05, 0.1) is 17.4 Å². The van der Waals surface area contributed by atoms with Crippen LogP contribution in [0.25, 0.3) is 0 Å². The number of nitrogens with zero attached hydrogens (tertiary/aromatic N) is 1. The molecule has 43 heavy (non-hydrogen) atoms. The number of ether oxygens (including phenoxy) is 1. The van der Waals surface area contributed by atoms with Gasteiger partial charge in [-0.25, -0.2) is 8.42 Å². The van der Waals surface area contributed by atoms with Gasteiger partial charge in [0.2, 0.25) is 15.9 Å². The second-order valence-corrected chi connectivity index (χ2v) is 14.0. The standard InChI is InChI=1S/C33H48N4O5S/c1-8-42-33(39)24-12-14-37(15-13-24)32(38)29(17-23-10-9-11-25(16-23)31(34)35)36-43(40,41)30-27(21(4)5)18-26(20(2)3)19-28(30)22(6)7/h9-11,16,18-22,24,29,36H,8,12-15,17H2,1-7H3,(H3,34,35)/t29-/m0/s1. The van der Waals surface area contributed by atoms with E-state index in [0.717, 1.165) is 16.7 Å². The Morgan fingerprint density at radius 3 is 2.07 bits per heavy atom. The molecule has 0 spiro atoms. The van der Waals surface area contributed by atoms with E-state index in [0.29, 0.717) is 43.7 Å². The first kappa shape index (κ1) is 34.3. The Hall–Kier alpha value is -3.24. The molecule has 1 aliphatic rings. The molecule has 1 fully saturated rings. The molecule has 0 bridgehead atoms. The van der Waals surface area contributed by atoms with E-state index in [2.05, 4.69) is 18.6 Å². The summed E-state index contributed by atoms with van der Waals surface area (Å²) in [7, 11) is -4.15. The maximum Gasteiger partial charge on any atom is 0.309 e. The van der Waals surface area contributed by atoms with E-state index in [1.807, 2.05) is 39.8 Å². The van der Waals surface area contributed by atoms with E-state index in [-0.39, 0.29) is 52.7 Å². The summed E-state index contributed by atoms with van der Waals surface area (Å²) in [6.07, 6.45) is 0.986. The third-order valence-corrected chi connectivity index (χ3v) is 9.65. The fraction of sp³-hybridized carbons (Fsp3) is 0.545. The summed E-state index contributed by atoms with van der Waals surface area (Å²) in [5, 5.41) is 7.83. The summed E-state index contributed by atoms with van der Waals surface area (Å²) in [6.45, 7) is 14.8. The lowest BCUT2D eigenvalue weighted by Gasteiger charge is -2.34. The topological polar surface area (TPSA) is 143 Å². The van der Waals surface area contributed by atoms with E-state index >= 15 is 0 Å². The van der Waals surface area contributed by atoms with Crippen LogP contribution < -0.4 is 10.5 Å². The average Bonchev–Trinajstić information content (AvgIpc) is 2.95. The molecule has 4 N–H and O–H groups in total. The minimum atomic E-state index is -4.15. The van der Waals surface area contributed by atoms with Crippen molar-refractivity contribution in [2.75, 3.05) is 19.7 Å². The number of benzene rings is 2. The SMILES string of the molecule is CCOC(=O)C1CCN(C(=O)[C@H](Cc2cccc(C(=N)N)c2)NS(=O)(=O)c2c(C(C)C)cc(C(C)C)cc2C(C)C)CC1. The number of carbonyl (C=O) groups is 2. The second-order valence-electron chi connectivity index (χ2n) is 12.3. The van der Waals surface area contributed by atoms with Crippen LogP contribution in [0, 0.1) is 11.3 Å². The van der Waals surface area contributed by atoms with Gasteiger partial charge in [-0.3, -0.25) is 15.0 Å². The minimum Gasteiger partial charge on any atom is -0.466 e. The molecule has 0 unspecified atom stereocenters. The second kappa shape index (κ2) is 14.5. The van der Waals surface area contributed by atoms with E-state index in [9.17, 15) is 18.0 Å². The third-order valence-electron chi connectivity index (χ3n) is 8.05. The molecule has 3 rings (SSSR count). The summed E-state index contributed by atoms with van der Waals surface area (Å²) in [5.41, 5.74) is 9.41. The maximum atomic E-state index is 14.3. The molecular formula is C33H48N4O5S. The van der Waals surface area contributed by atoms with Crippen LogP contribution in [-0.4, -0.2) is 56.8 Å². The molecule has 1 atom stereocenters. The number of nitrogens with two attached hydrogens (primary N) is 1. The van der Waals surface area contributed by atoms with Crippen molar-refractivity contribution >= 4 is 27.7 Å². The largest absolute Gasteiger partial charge is 0.466 e.